The maximum Gasteiger partial charge on any atom is 0.323 e. The van der Waals surface area contributed by atoms with Crippen molar-refractivity contribution in [3.8, 4) is 0 Å². The van der Waals surface area contributed by atoms with Crippen LogP contribution < -0.4 is 5.73 Å². The van der Waals surface area contributed by atoms with Crippen LogP contribution in [0.25, 0.3) is 0 Å². The van der Waals surface area contributed by atoms with Gasteiger partial charge in [0.1, 0.15) is 6.04 Å². The number of nitrogens with zero attached hydrogens (tertiary/aromatic N) is 1. The first-order valence-electron chi connectivity index (χ1n) is 8.05. The number of hydrogen-bond donors (Lipinski definition) is 2. The minimum absolute atomic E-state index is 0.0952. The average molecular weight is 368 g/mol. The monoisotopic (exact) mass is 368 g/mol. The van der Waals surface area contributed by atoms with Crippen LogP contribution in [0.5, 0.6) is 0 Å². The zero-order chi connectivity index (χ0) is 18.7. The Morgan fingerprint density at radius 2 is 2.00 bits per heavy atom. The van der Waals surface area contributed by atoms with Crippen LogP contribution in [0.1, 0.15) is 26.2 Å². The molecule has 2 N–H and O–H groups in total. The molecule has 0 radical (unpaired) electrons. The fourth-order valence-corrected chi connectivity index (χ4v) is 2.20. The van der Waals surface area contributed by atoms with E-state index in [1.807, 2.05) is 6.08 Å². The number of non-ortho nitro benzene ring substituents is 1. The third-order valence-corrected chi connectivity index (χ3v) is 3.74. The number of benzene rings is 1. The number of esters is 1. The molecule has 8 heteroatoms. The number of nitrogens with two attached hydrogens (primary N) is 1. The molecular weight excluding hydrogens is 344 g/mol. The summed E-state index contributed by atoms with van der Waals surface area (Å²) in [6.07, 6.45) is 4.52. The Balaban J connectivity index is 0.000000271. The average Bonchev–Trinajstić information content (AvgIpc) is 2.61. The molecule has 25 heavy (non-hydrogen) atoms. The lowest BCUT2D eigenvalue weighted by Crippen LogP contribution is -2.31. The summed E-state index contributed by atoms with van der Waals surface area (Å²) in [5, 5.41) is 10.1. The van der Waals surface area contributed by atoms with Gasteiger partial charge in [0.2, 0.25) is 0 Å². The van der Waals surface area contributed by atoms with Gasteiger partial charge in [0, 0.05) is 17.0 Å². The number of hydrogen-bond acceptors (Lipinski definition) is 7. The summed E-state index contributed by atoms with van der Waals surface area (Å²) in [6, 6.07) is 5.48. The number of thiol groups is 1. The molecule has 1 unspecified atom stereocenters. The normalized spacial score (nSPS) is 14.8. The molecule has 1 atom stereocenters. The third-order valence-electron chi connectivity index (χ3n) is 3.45. The van der Waals surface area contributed by atoms with E-state index in [1.54, 1.807) is 19.1 Å². The second-order valence-corrected chi connectivity index (χ2v) is 5.86. The summed E-state index contributed by atoms with van der Waals surface area (Å²) in [5.74, 6) is -0.318. The molecule has 7 nitrogen and oxygen atoms in total. The molecule has 1 aromatic carbocycles. The maximum atomic E-state index is 11.2. The van der Waals surface area contributed by atoms with Gasteiger partial charge < -0.3 is 15.2 Å². The summed E-state index contributed by atoms with van der Waals surface area (Å²) < 4.78 is 10.1. The van der Waals surface area contributed by atoms with Crippen molar-refractivity contribution in [2.75, 3.05) is 19.8 Å². The lowest BCUT2D eigenvalue weighted by Gasteiger charge is -2.15. The van der Waals surface area contributed by atoms with Gasteiger partial charge in [-0.1, -0.05) is 11.6 Å². The fraction of sp³-hybridized carbons (Fsp3) is 0.471. The molecule has 138 valence electrons. The summed E-state index contributed by atoms with van der Waals surface area (Å²) in [4.78, 5) is 21.6. The van der Waals surface area contributed by atoms with E-state index in [9.17, 15) is 14.9 Å². The predicted molar refractivity (Wildman–Crippen MR) is 97.7 cm³/mol. The zero-order valence-corrected chi connectivity index (χ0v) is 15.1. The number of rotatable bonds is 5. The topological polar surface area (TPSA) is 105 Å². The quantitative estimate of drug-likeness (QED) is 0.272. The van der Waals surface area contributed by atoms with E-state index < -0.39 is 11.0 Å². The van der Waals surface area contributed by atoms with E-state index in [0.29, 0.717) is 13.0 Å². The lowest BCUT2D eigenvalue weighted by atomic mass is 10.0. The third kappa shape index (κ3) is 8.67. The Labute approximate surface area is 152 Å². The van der Waals surface area contributed by atoms with Gasteiger partial charge >= 0.3 is 5.97 Å². The van der Waals surface area contributed by atoms with Crippen molar-refractivity contribution in [2.24, 2.45) is 5.73 Å². The Bertz CT molecular complexity index is 581. The number of nitro benzene ring substituents is 1. The SMILES string of the molecule is CCOC(=O)C(N)CC=C1CCOCC1.O=[N+]([O-])c1ccc(S)cc1. The number of ether oxygens (including phenoxy) is 2. The van der Waals surface area contributed by atoms with Crippen LogP contribution in [-0.2, 0) is 14.3 Å². The Hall–Kier alpha value is -1.90. The molecule has 0 bridgehead atoms. The lowest BCUT2D eigenvalue weighted by molar-refractivity contribution is -0.384. The molecule has 0 spiro atoms. The highest BCUT2D eigenvalue weighted by Gasteiger charge is 2.13. The van der Waals surface area contributed by atoms with Gasteiger partial charge in [-0.05, 0) is 38.3 Å². The van der Waals surface area contributed by atoms with Gasteiger partial charge in [-0.2, -0.15) is 0 Å². The Morgan fingerprint density at radius 3 is 2.52 bits per heavy atom. The summed E-state index contributed by atoms with van der Waals surface area (Å²) >= 11 is 3.98. The van der Waals surface area contributed by atoms with Crippen LogP contribution in [-0.4, -0.2) is 36.8 Å². The molecule has 1 saturated heterocycles. The second-order valence-electron chi connectivity index (χ2n) is 5.34. The van der Waals surface area contributed by atoms with E-state index in [4.69, 9.17) is 15.2 Å². The van der Waals surface area contributed by atoms with E-state index in [1.165, 1.54) is 17.7 Å². The first kappa shape index (κ1) is 21.1. The van der Waals surface area contributed by atoms with Crippen molar-refractivity contribution >= 4 is 24.3 Å². The molecule has 0 aromatic heterocycles. The zero-order valence-electron chi connectivity index (χ0n) is 14.2. The van der Waals surface area contributed by atoms with Crippen molar-refractivity contribution in [3.05, 3.63) is 46.0 Å². The molecule has 1 heterocycles. The standard InChI is InChI=1S/C11H19NO3.C6H5NO2S/c1-2-15-11(13)10(12)4-3-9-5-7-14-8-6-9;8-7(9)5-1-3-6(10)4-2-5/h3,10H,2,4-8,12H2,1H3;1-4,10H. The first-order valence-corrected chi connectivity index (χ1v) is 8.50. The molecule has 1 fully saturated rings. The molecular formula is C17H24N2O5S. The second kappa shape index (κ2) is 11.6. The van der Waals surface area contributed by atoms with Crippen molar-refractivity contribution in [3.63, 3.8) is 0 Å². The van der Waals surface area contributed by atoms with Crippen molar-refractivity contribution in [1.29, 1.82) is 0 Å². The fourth-order valence-electron chi connectivity index (χ4n) is 2.05. The smallest absolute Gasteiger partial charge is 0.323 e. The summed E-state index contributed by atoms with van der Waals surface area (Å²) in [7, 11) is 0. The van der Waals surface area contributed by atoms with E-state index >= 15 is 0 Å². The summed E-state index contributed by atoms with van der Waals surface area (Å²) in [5.41, 5.74) is 7.10. The number of nitro groups is 1. The van der Waals surface area contributed by atoms with Crippen LogP contribution >= 0.6 is 12.6 Å². The minimum atomic E-state index is -0.528. The summed E-state index contributed by atoms with van der Waals surface area (Å²) in [6.45, 7) is 3.72. The molecule has 0 amide bonds. The first-order chi connectivity index (χ1) is 11.9. The van der Waals surface area contributed by atoms with Crippen molar-refractivity contribution in [2.45, 2.75) is 37.1 Å². The van der Waals surface area contributed by atoms with Gasteiger partial charge in [-0.15, -0.1) is 12.6 Å². The molecule has 2 rings (SSSR count). The molecule has 0 saturated carbocycles. The highest BCUT2D eigenvalue weighted by Crippen LogP contribution is 2.14. The number of carbonyl (C=O) groups is 1. The largest absolute Gasteiger partial charge is 0.465 e. The van der Waals surface area contributed by atoms with Crippen LogP contribution in [0.3, 0.4) is 0 Å². The van der Waals surface area contributed by atoms with E-state index in [2.05, 4.69) is 12.6 Å². The van der Waals surface area contributed by atoms with Crippen LogP contribution in [0.15, 0.2) is 40.8 Å². The van der Waals surface area contributed by atoms with Crippen LogP contribution in [0.2, 0.25) is 0 Å². The van der Waals surface area contributed by atoms with E-state index in [-0.39, 0.29) is 11.7 Å². The van der Waals surface area contributed by atoms with Crippen LogP contribution in [0.4, 0.5) is 5.69 Å². The Morgan fingerprint density at radius 1 is 1.40 bits per heavy atom. The molecule has 1 aliphatic rings. The highest BCUT2D eigenvalue weighted by molar-refractivity contribution is 7.80. The van der Waals surface area contributed by atoms with Gasteiger partial charge in [0.25, 0.3) is 5.69 Å². The Kier molecular flexibility index (Phi) is 9.83. The molecule has 1 aromatic rings. The molecule has 0 aliphatic carbocycles. The van der Waals surface area contributed by atoms with Crippen molar-refractivity contribution in [1.82, 2.24) is 0 Å². The van der Waals surface area contributed by atoms with Crippen molar-refractivity contribution < 1.29 is 19.2 Å². The molecule has 1 aliphatic heterocycles. The number of carbonyl (C=O) groups excluding carboxylic acids is 1. The van der Waals surface area contributed by atoms with Gasteiger partial charge in [0.15, 0.2) is 0 Å². The predicted octanol–water partition coefficient (Wildman–Crippen LogP) is 2.89. The highest BCUT2D eigenvalue weighted by atomic mass is 32.1. The maximum absolute atomic E-state index is 11.2. The van der Waals surface area contributed by atoms with Gasteiger partial charge in [-0.3, -0.25) is 14.9 Å². The minimum Gasteiger partial charge on any atom is -0.465 e. The van der Waals surface area contributed by atoms with Gasteiger partial charge in [-0.25, -0.2) is 0 Å². The van der Waals surface area contributed by atoms with Gasteiger partial charge in [0.05, 0.1) is 24.7 Å². The van der Waals surface area contributed by atoms with E-state index in [0.717, 1.165) is 31.0 Å². The van der Waals surface area contributed by atoms with Crippen LogP contribution in [0, 0.1) is 10.1 Å².